The van der Waals surface area contributed by atoms with Gasteiger partial charge in [-0.15, -0.1) is 0 Å². The van der Waals surface area contributed by atoms with Gasteiger partial charge in [-0.2, -0.15) is 0 Å². The van der Waals surface area contributed by atoms with Crippen molar-refractivity contribution in [3.63, 3.8) is 0 Å². The van der Waals surface area contributed by atoms with Crippen molar-refractivity contribution in [1.29, 1.82) is 0 Å². The highest BCUT2D eigenvalue weighted by molar-refractivity contribution is 6.30. The second kappa shape index (κ2) is 5.57. The van der Waals surface area contributed by atoms with Crippen LogP contribution in [0.4, 0.5) is 5.69 Å². The summed E-state index contributed by atoms with van der Waals surface area (Å²) in [6.07, 6.45) is 3.74. The fourth-order valence-electron chi connectivity index (χ4n) is 2.61. The average Bonchev–Trinajstić information content (AvgIpc) is 3.05. The second-order valence-corrected chi connectivity index (χ2v) is 6.42. The van der Waals surface area contributed by atoms with Crippen LogP contribution in [0.2, 0.25) is 5.02 Å². The lowest BCUT2D eigenvalue weighted by molar-refractivity contribution is 0.511. The SMILES string of the molecule is CC1(C)CCC(N(Cc2ccco2)c2cccc(Cl)c2)=N1. The first-order valence-corrected chi connectivity index (χ1v) is 7.55. The first kappa shape index (κ1) is 14.2. The van der Waals surface area contributed by atoms with Crippen LogP contribution in [0.15, 0.2) is 52.1 Å². The molecule has 3 rings (SSSR count). The minimum Gasteiger partial charge on any atom is -0.467 e. The summed E-state index contributed by atoms with van der Waals surface area (Å²) in [6, 6.07) is 11.8. The highest BCUT2D eigenvalue weighted by atomic mass is 35.5. The van der Waals surface area contributed by atoms with E-state index >= 15 is 0 Å². The van der Waals surface area contributed by atoms with Crippen molar-refractivity contribution in [2.45, 2.75) is 38.8 Å². The molecule has 0 fully saturated rings. The molecule has 0 N–H and O–H groups in total. The molecule has 1 aromatic carbocycles. The summed E-state index contributed by atoms with van der Waals surface area (Å²) >= 11 is 6.14. The van der Waals surface area contributed by atoms with Crippen molar-refractivity contribution >= 4 is 23.1 Å². The van der Waals surface area contributed by atoms with Crippen LogP contribution in [0.5, 0.6) is 0 Å². The van der Waals surface area contributed by atoms with Gasteiger partial charge in [0, 0.05) is 17.1 Å². The third-order valence-corrected chi connectivity index (χ3v) is 3.95. The second-order valence-electron chi connectivity index (χ2n) is 5.99. The molecule has 21 heavy (non-hydrogen) atoms. The average molecular weight is 303 g/mol. The number of furan rings is 1. The van der Waals surface area contributed by atoms with E-state index in [-0.39, 0.29) is 5.54 Å². The highest BCUT2D eigenvalue weighted by Gasteiger charge is 2.28. The molecule has 0 bridgehead atoms. The molecule has 0 atom stereocenters. The summed E-state index contributed by atoms with van der Waals surface area (Å²) in [5, 5.41) is 0.731. The summed E-state index contributed by atoms with van der Waals surface area (Å²) < 4.78 is 5.50. The molecule has 1 aliphatic heterocycles. The van der Waals surface area contributed by atoms with E-state index in [9.17, 15) is 0 Å². The number of rotatable bonds is 3. The molecule has 2 heterocycles. The van der Waals surface area contributed by atoms with E-state index in [2.05, 4.69) is 24.8 Å². The zero-order chi connectivity index (χ0) is 14.9. The Morgan fingerprint density at radius 1 is 1.29 bits per heavy atom. The summed E-state index contributed by atoms with van der Waals surface area (Å²) in [5.41, 5.74) is 1.06. The Bertz CT molecular complexity index is 647. The number of hydrogen-bond acceptors (Lipinski definition) is 3. The van der Waals surface area contributed by atoms with Gasteiger partial charge in [-0.1, -0.05) is 17.7 Å². The Labute approximate surface area is 130 Å². The quantitative estimate of drug-likeness (QED) is 0.806. The predicted octanol–water partition coefficient (Wildman–Crippen LogP) is 4.91. The third kappa shape index (κ3) is 3.30. The lowest BCUT2D eigenvalue weighted by Crippen LogP contribution is -2.29. The van der Waals surface area contributed by atoms with Crippen LogP contribution in [0, 0.1) is 0 Å². The molecular formula is C17H19ClN2O. The summed E-state index contributed by atoms with van der Waals surface area (Å²) in [6.45, 7) is 5.01. The van der Waals surface area contributed by atoms with Crippen LogP contribution in [0.25, 0.3) is 0 Å². The van der Waals surface area contributed by atoms with Gasteiger partial charge >= 0.3 is 0 Å². The fraction of sp³-hybridized carbons (Fsp3) is 0.353. The number of anilines is 1. The monoisotopic (exact) mass is 302 g/mol. The lowest BCUT2D eigenvalue weighted by Gasteiger charge is -2.24. The Morgan fingerprint density at radius 2 is 2.14 bits per heavy atom. The highest BCUT2D eigenvalue weighted by Crippen LogP contribution is 2.30. The van der Waals surface area contributed by atoms with Crippen molar-refractivity contribution in [3.05, 3.63) is 53.4 Å². The molecule has 0 radical (unpaired) electrons. The molecule has 0 amide bonds. The molecule has 3 nitrogen and oxygen atoms in total. The van der Waals surface area contributed by atoms with Gasteiger partial charge in [0.15, 0.2) is 0 Å². The van der Waals surface area contributed by atoms with Gasteiger partial charge in [0.2, 0.25) is 0 Å². The van der Waals surface area contributed by atoms with Crippen LogP contribution >= 0.6 is 11.6 Å². The largest absolute Gasteiger partial charge is 0.467 e. The smallest absolute Gasteiger partial charge is 0.123 e. The maximum absolute atomic E-state index is 6.14. The molecular weight excluding hydrogens is 284 g/mol. The Balaban J connectivity index is 1.95. The fourth-order valence-corrected chi connectivity index (χ4v) is 2.79. The number of hydrogen-bond donors (Lipinski definition) is 0. The Kier molecular flexibility index (Phi) is 3.77. The van der Waals surface area contributed by atoms with Gasteiger partial charge < -0.3 is 9.32 Å². The van der Waals surface area contributed by atoms with E-state index in [1.165, 1.54) is 0 Å². The minimum atomic E-state index is 0.00925. The van der Waals surface area contributed by atoms with Crippen molar-refractivity contribution in [2.24, 2.45) is 4.99 Å². The van der Waals surface area contributed by atoms with E-state index in [1.807, 2.05) is 30.3 Å². The van der Waals surface area contributed by atoms with Gasteiger partial charge in [0.05, 0.1) is 18.3 Å². The van der Waals surface area contributed by atoms with E-state index in [4.69, 9.17) is 21.0 Å². The number of amidine groups is 1. The van der Waals surface area contributed by atoms with Crippen LogP contribution in [0.1, 0.15) is 32.4 Å². The molecule has 0 aliphatic carbocycles. The van der Waals surface area contributed by atoms with Crippen LogP contribution < -0.4 is 4.90 Å². The van der Waals surface area contributed by atoms with E-state index < -0.39 is 0 Å². The summed E-state index contributed by atoms with van der Waals surface area (Å²) in [7, 11) is 0. The summed E-state index contributed by atoms with van der Waals surface area (Å²) in [5.74, 6) is 2.01. The molecule has 4 heteroatoms. The minimum absolute atomic E-state index is 0.00925. The van der Waals surface area contributed by atoms with Gasteiger partial charge in [-0.25, -0.2) is 0 Å². The molecule has 0 saturated carbocycles. The standard InChI is InChI=1S/C17H19ClN2O/c1-17(2)9-8-16(19-17)20(12-15-7-4-10-21-15)14-6-3-5-13(18)11-14/h3-7,10-11H,8-9,12H2,1-2H3. The Morgan fingerprint density at radius 3 is 2.76 bits per heavy atom. The topological polar surface area (TPSA) is 28.7 Å². The normalized spacial score (nSPS) is 16.8. The molecule has 110 valence electrons. The predicted molar refractivity (Wildman–Crippen MR) is 87.1 cm³/mol. The number of halogens is 1. The first-order chi connectivity index (χ1) is 10.0. The van der Waals surface area contributed by atoms with Crippen molar-refractivity contribution in [2.75, 3.05) is 4.90 Å². The van der Waals surface area contributed by atoms with Gasteiger partial charge in [0.1, 0.15) is 11.6 Å². The Hall–Kier alpha value is -1.74. The van der Waals surface area contributed by atoms with Crippen molar-refractivity contribution in [3.8, 4) is 0 Å². The summed E-state index contributed by atoms with van der Waals surface area (Å²) in [4.78, 5) is 7.06. The van der Waals surface area contributed by atoms with E-state index in [0.717, 1.165) is 35.1 Å². The van der Waals surface area contributed by atoms with Crippen molar-refractivity contribution < 1.29 is 4.42 Å². The maximum Gasteiger partial charge on any atom is 0.123 e. The third-order valence-electron chi connectivity index (χ3n) is 3.72. The molecule has 1 aliphatic rings. The molecule has 0 spiro atoms. The molecule has 0 unspecified atom stereocenters. The van der Waals surface area contributed by atoms with E-state index in [0.29, 0.717) is 6.54 Å². The molecule has 0 saturated heterocycles. The lowest BCUT2D eigenvalue weighted by atomic mass is 10.0. The number of nitrogens with zero attached hydrogens (tertiary/aromatic N) is 2. The van der Waals surface area contributed by atoms with Crippen LogP contribution in [-0.2, 0) is 6.54 Å². The number of benzene rings is 1. The van der Waals surface area contributed by atoms with Gasteiger partial charge in [-0.3, -0.25) is 4.99 Å². The first-order valence-electron chi connectivity index (χ1n) is 7.18. The van der Waals surface area contributed by atoms with Crippen LogP contribution in [-0.4, -0.2) is 11.4 Å². The van der Waals surface area contributed by atoms with Crippen molar-refractivity contribution in [1.82, 2.24) is 0 Å². The van der Waals surface area contributed by atoms with Gasteiger partial charge in [0.25, 0.3) is 0 Å². The molecule has 2 aromatic rings. The number of aliphatic imine (C=N–C) groups is 1. The van der Waals surface area contributed by atoms with E-state index in [1.54, 1.807) is 6.26 Å². The molecule has 1 aromatic heterocycles. The van der Waals surface area contributed by atoms with Crippen LogP contribution in [0.3, 0.4) is 0 Å². The zero-order valence-corrected chi connectivity index (χ0v) is 13.1. The van der Waals surface area contributed by atoms with Gasteiger partial charge in [-0.05, 0) is 50.6 Å². The zero-order valence-electron chi connectivity index (χ0n) is 12.3. The maximum atomic E-state index is 6.14.